The summed E-state index contributed by atoms with van der Waals surface area (Å²) in [6, 6.07) is 10.2. The third-order valence-electron chi connectivity index (χ3n) is 6.41. The monoisotopic (exact) mass is 397 g/mol. The second kappa shape index (κ2) is 8.03. The fourth-order valence-electron chi connectivity index (χ4n) is 4.86. The molecule has 2 heterocycles. The number of nitrogens with one attached hydrogen (secondary N) is 2. The number of thiazole rings is 1. The van der Waals surface area contributed by atoms with Gasteiger partial charge in [0, 0.05) is 28.9 Å². The Labute approximate surface area is 170 Å². The van der Waals surface area contributed by atoms with Gasteiger partial charge in [-0.1, -0.05) is 44.2 Å². The van der Waals surface area contributed by atoms with E-state index in [9.17, 15) is 9.59 Å². The van der Waals surface area contributed by atoms with Gasteiger partial charge in [-0.3, -0.25) is 9.59 Å². The molecule has 28 heavy (non-hydrogen) atoms. The van der Waals surface area contributed by atoms with E-state index in [1.165, 1.54) is 11.3 Å². The van der Waals surface area contributed by atoms with Crippen molar-refractivity contribution in [3.63, 3.8) is 0 Å². The molecule has 2 N–H and O–H groups in total. The molecule has 1 aromatic carbocycles. The second-order valence-electron chi connectivity index (χ2n) is 8.04. The molecule has 4 rings (SSSR count). The first kappa shape index (κ1) is 19.1. The van der Waals surface area contributed by atoms with Crippen LogP contribution in [0.2, 0.25) is 0 Å². The van der Waals surface area contributed by atoms with Crippen LogP contribution in [0, 0.1) is 17.8 Å². The smallest absolute Gasteiger partial charge is 0.270 e. The molecule has 5 unspecified atom stereocenters. The van der Waals surface area contributed by atoms with Crippen LogP contribution in [0.1, 0.15) is 50.0 Å². The average Bonchev–Trinajstić information content (AvgIpc) is 3.19. The quantitative estimate of drug-likeness (QED) is 0.823. The first-order valence-corrected chi connectivity index (χ1v) is 11.1. The maximum Gasteiger partial charge on any atom is 0.270 e. The summed E-state index contributed by atoms with van der Waals surface area (Å²) in [6.45, 7) is 4.30. The Bertz CT molecular complexity index is 850. The average molecular weight is 398 g/mol. The van der Waals surface area contributed by atoms with Crippen molar-refractivity contribution in [2.75, 3.05) is 0 Å². The van der Waals surface area contributed by atoms with Gasteiger partial charge in [0.25, 0.3) is 5.91 Å². The number of amides is 2. The molecule has 148 valence electrons. The van der Waals surface area contributed by atoms with Crippen molar-refractivity contribution in [3.8, 4) is 10.6 Å². The summed E-state index contributed by atoms with van der Waals surface area (Å²) in [6.07, 6.45) is 3.70. The number of rotatable bonds is 4. The lowest BCUT2D eigenvalue weighted by Crippen LogP contribution is -2.58. The topological polar surface area (TPSA) is 71.1 Å². The van der Waals surface area contributed by atoms with Gasteiger partial charge >= 0.3 is 0 Å². The fourth-order valence-corrected chi connectivity index (χ4v) is 5.66. The third-order valence-corrected chi connectivity index (χ3v) is 7.30. The SMILES string of the molecule is CCC1C(=O)NC2CC(NC(=O)c3csc(-c4ccccc4)n3)CCC2C1C. The summed E-state index contributed by atoms with van der Waals surface area (Å²) in [5.74, 6) is 1.10. The molecule has 2 aliphatic rings. The maximum atomic E-state index is 12.7. The highest BCUT2D eigenvalue weighted by Crippen LogP contribution is 2.39. The van der Waals surface area contributed by atoms with E-state index >= 15 is 0 Å². The highest BCUT2D eigenvalue weighted by Gasteiger charge is 2.43. The standard InChI is InChI=1S/C22H27N3O2S/c1-3-16-13(2)17-10-9-15(11-18(17)24-20(16)26)23-21(27)19-12-28-22(25-19)14-7-5-4-6-8-14/h4-8,12-13,15-18H,3,9-11H2,1-2H3,(H,23,27)(H,24,26). The van der Waals surface area contributed by atoms with Crippen LogP contribution in [0.3, 0.4) is 0 Å². The summed E-state index contributed by atoms with van der Waals surface area (Å²) < 4.78 is 0. The second-order valence-corrected chi connectivity index (χ2v) is 8.90. The lowest BCUT2D eigenvalue weighted by molar-refractivity contribution is -0.133. The third kappa shape index (κ3) is 3.70. The van der Waals surface area contributed by atoms with Gasteiger partial charge in [0.1, 0.15) is 10.7 Å². The molecule has 1 aliphatic carbocycles. The molecule has 0 radical (unpaired) electrons. The zero-order chi connectivity index (χ0) is 19.7. The normalized spacial score (nSPS) is 29.6. The van der Waals surface area contributed by atoms with Crippen molar-refractivity contribution in [1.82, 2.24) is 15.6 Å². The Balaban J connectivity index is 1.39. The Morgan fingerprint density at radius 2 is 2.07 bits per heavy atom. The number of aromatic nitrogens is 1. The van der Waals surface area contributed by atoms with Crippen LogP contribution in [0.4, 0.5) is 0 Å². The molecule has 6 heteroatoms. The van der Waals surface area contributed by atoms with Crippen LogP contribution >= 0.6 is 11.3 Å². The Morgan fingerprint density at radius 3 is 2.82 bits per heavy atom. The highest BCUT2D eigenvalue weighted by atomic mass is 32.1. The van der Waals surface area contributed by atoms with E-state index in [-0.39, 0.29) is 29.8 Å². The van der Waals surface area contributed by atoms with Crippen LogP contribution in [0.25, 0.3) is 10.6 Å². The molecule has 5 atom stereocenters. The van der Waals surface area contributed by atoms with Crippen molar-refractivity contribution in [2.45, 2.75) is 51.6 Å². The molecule has 2 fully saturated rings. The van der Waals surface area contributed by atoms with Crippen LogP contribution in [0.5, 0.6) is 0 Å². The van der Waals surface area contributed by atoms with Crippen molar-refractivity contribution < 1.29 is 9.59 Å². The van der Waals surface area contributed by atoms with Gasteiger partial charge in [0.2, 0.25) is 5.91 Å². The van der Waals surface area contributed by atoms with E-state index < -0.39 is 0 Å². The minimum Gasteiger partial charge on any atom is -0.353 e. The highest BCUT2D eigenvalue weighted by molar-refractivity contribution is 7.13. The van der Waals surface area contributed by atoms with Gasteiger partial charge in [-0.15, -0.1) is 11.3 Å². The van der Waals surface area contributed by atoms with Crippen molar-refractivity contribution in [3.05, 3.63) is 41.4 Å². The summed E-state index contributed by atoms with van der Waals surface area (Å²) in [5, 5.41) is 9.03. The van der Waals surface area contributed by atoms with Gasteiger partial charge < -0.3 is 10.6 Å². The van der Waals surface area contributed by atoms with E-state index in [0.717, 1.165) is 36.3 Å². The first-order valence-electron chi connectivity index (χ1n) is 10.2. The van der Waals surface area contributed by atoms with Crippen molar-refractivity contribution in [2.24, 2.45) is 17.8 Å². The number of piperidine rings is 1. The largest absolute Gasteiger partial charge is 0.353 e. The van der Waals surface area contributed by atoms with Crippen LogP contribution in [-0.4, -0.2) is 28.9 Å². The lowest BCUT2D eigenvalue weighted by atomic mass is 9.67. The van der Waals surface area contributed by atoms with E-state index in [0.29, 0.717) is 17.5 Å². The summed E-state index contributed by atoms with van der Waals surface area (Å²) in [7, 11) is 0. The molecule has 0 spiro atoms. The predicted molar refractivity (Wildman–Crippen MR) is 111 cm³/mol. The van der Waals surface area contributed by atoms with Crippen molar-refractivity contribution in [1.29, 1.82) is 0 Å². The lowest BCUT2D eigenvalue weighted by Gasteiger charge is -2.46. The molecule has 2 amide bonds. The number of benzene rings is 1. The number of hydrogen-bond acceptors (Lipinski definition) is 4. The van der Waals surface area contributed by atoms with E-state index in [1.807, 2.05) is 35.7 Å². The summed E-state index contributed by atoms with van der Waals surface area (Å²) >= 11 is 1.49. The molecule has 2 aromatic rings. The number of carbonyl (C=O) groups is 2. The Hall–Kier alpha value is -2.21. The van der Waals surface area contributed by atoms with Gasteiger partial charge in [-0.2, -0.15) is 0 Å². The van der Waals surface area contributed by atoms with Crippen molar-refractivity contribution >= 4 is 23.2 Å². The van der Waals surface area contributed by atoms with Gasteiger partial charge in [0.15, 0.2) is 0 Å². The molecule has 1 aliphatic heterocycles. The zero-order valence-electron chi connectivity index (χ0n) is 16.4. The van der Waals surface area contributed by atoms with Gasteiger partial charge in [-0.05, 0) is 37.5 Å². The molecular weight excluding hydrogens is 370 g/mol. The maximum absolute atomic E-state index is 12.7. The molecule has 0 bridgehead atoms. The minimum atomic E-state index is -0.122. The minimum absolute atomic E-state index is 0.0845. The van der Waals surface area contributed by atoms with E-state index in [4.69, 9.17) is 0 Å². The summed E-state index contributed by atoms with van der Waals surface area (Å²) in [4.78, 5) is 29.6. The first-order chi connectivity index (χ1) is 13.6. The fraction of sp³-hybridized carbons (Fsp3) is 0.500. The van der Waals surface area contributed by atoms with E-state index in [1.54, 1.807) is 0 Å². The molecular formula is C22H27N3O2S. The van der Waals surface area contributed by atoms with Crippen LogP contribution in [-0.2, 0) is 4.79 Å². The number of hydrogen-bond donors (Lipinski definition) is 2. The number of nitrogens with zero attached hydrogens (tertiary/aromatic N) is 1. The molecule has 1 saturated carbocycles. The Kier molecular flexibility index (Phi) is 5.49. The predicted octanol–water partition coefficient (Wildman–Crippen LogP) is 3.87. The summed E-state index contributed by atoms with van der Waals surface area (Å²) in [5.41, 5.74) is 1.49. The van der Waals surface area contributed by atoms with Gasteiger partial charge in [0.05, 0.1) is 0 Å². The zero-order valence-corrected chi connectivity index (χ0v) is 17.2. The van der Waals surface area contributed by atoms with Gasteiger partial charge in [-0.25, -0.2) is 4.98 Å². The molecule has 1 saturated heterocycles. The van der Waals surface area contributed by atoms with E-state index in [2.05, 4.69) is 29.5 Å². The molecule has 1 aromatic heterocycles. The Morgan fingerprint density at radius 1 is 1.29 bits per heavy atom. The number of carbonyl (C=O) groups excluding carboxylic acids is 2. The number of fused-ring (bicyclic) bond motifs is 1. The molecule has 5 nitrogen and oxygen atoms in total. The van der Waals surface area contributed by atoms with Crippen LogP contribution < -0.4 is 10.6 Å². The van der Waals surface area contributed by atoms with Crippen LogP contribution in [0.15, 0.2) is 35.7 Å².